The Balaban J connectivity index is 2.30. The van der Waals surface area contributed by atoms with Crippen molar-refractivity contribution in [2.45, 2.75) is 13.2 Å². The van der Waals surface area contributed by atoms with Crippen molar-refractivity contribution in [3.63, 3.8) is 0 Å². The van der Waals surface area contributed by atoms with Crippen LogP contribution in [0.3, 0.4) is 0 Å². The Hall–Kier alpha value is -2.34. The Morgan fingerprint density at radius 3 is 2.79 bits per heavy atom. The second kappa shape index (κ2) is 5.53. The predicted octanol–water partition coefficient (Wildman–Crippen LogP) is 2.32. The minimum atomic E-state index is -0.451. The van der Waals surface area contributed by atoms with Crippen molar-refractivity contribution >= 4 is 11.4 Å². The summed E-state index contributed by atoms with van der Waals surface area (Å²) < 4.78 is 5.22. The maximum absolute atomic E-state index is 11.1. The molecular formula is C13H14N2O4. The van der Waals surface area contributed by atoms with Gasteiger partial charge in [0.15, 0.2) is 0 Å². The van der Waals surface area contributed by atoms with E-state index in [-0.39, 0.29) is 12.3 Å². The van der Waals surface area contributed by atoms with E-state index in [1.54, 1.807) is 36.4 Å². The number of benzene rings is 1. The predicted molar refractivity (Wildman–Crippen MR) is 69.8 cm³/mol. The van der Waals surface area contributed by atoms with Crippen LogP contribution in [0.1, 0.15) is 11.3 Å². The van der Waals surface area contributed by atoms with Gasteiger partial charge in [0.1, 0.15) is 11.4 Å². The number of aliphatic hydroxyl groups excluding tert-OH is 1. The lowest BCUT2D eigenvalue weighted by Crippen LogP contribution is -2.17. The average molecular weight is 262 g/mol. The Morgan fingerprint density at radius 1 is 1.42 bits per heavy atom. The summed E-state index contributed by atoms with van der Waals surface area (Å²) in [6, 6.07) is 8.26. The van der Waals surface area contributed by atoms with Gasteiger partial charge in [-0.15, -0.1) is 0 Å². The molecule has 0 unspecified atom stereocenters. The van der Waals surface area contributed by atoms with Crippen molar-refractivity contribution in [1.29, 1.82) is 0 Å². The van der Waals surface area contributed by atoms with Gasteiger partial charge in [-0.05, 0) is 23.8 Å². The summed E-state index contributed by atoms with van der Waals surface area (Å²) >= 11 is 0. The highest BCUT2D eigenvalue weighted by molar-refractivity contribution is 5.64. The van der Waals surface area contributed by atoms with Crippen LogP contribution >= 0.6 is 0 Å². The topological polar surface area (TPSA) is 79.8 Å². The third-order valence-corrected chi connectivity index (χ3v) is 2.80. The van der Waals surface area contributed by atoms with E-state index in [0.29, 0.717) is 17.8 Å². The molecule has 6 nitrogen and oxygen atoms in total. The first-order valence-electron chi connectivity index (χ1n) is 5.73. The Labute approximate surface area is 110 Å². The van der Waals surface area contributed by atoms with Gasteiger partial charge in [0.05, 0.1) is 24.3 Å². The molecule has 19 heavy (non-hydrogen) atoms. The zero-order chi connectivity index (χ0) is 13.8. The molecule has 1 heterocycles. The van der Waals surface area contributed by atoms with Crippen molar-refractivity contribution in [3.05, 3.63) is 58.0 Å². The summed E-state index contributed by atoms with van der Waals surface area (Å²) in [6.07, 6.45) is 1.56. The highest BCUT2D eigenvalue weighted by Crippen LogP contribution is 2.29. The van der Waals surface area contributed by atoms with Gasteiger partial charge in [0, 0.05) is 13.1 Å². The van der Waals surface area contributed by atoms with Crippen LogP contribution in [0.2, 0.25) is 0 Å². The second-order valence-electron chi connectivity index (χ2n) is 4.17. The largest absolute Gasteiger partial charge is 0.467 e. The molecule has 0 saturated carbocycles. The van der Waals surface area contributed by atoms with E-state index in [1.165, 1.54) is 6.07 Å². The van der Waals surface area contributed by atoms with Gasteiger partial charge < -0.3 is 14.4 Å². The van der Waals surface area contributed by atoms with Crippen molar-refractivity contribution < 1.29 is 14.4 Å². The summed E-state index contributed by atoms with van der Waals surface area (Å²) in [5, 5.41) is 20.1. The molecule has 2 aromatic rings. The number of rotatable bonds is 5. The summed E-state index contributed by atoms with van der Waals surface area (Å²) in [5.41, 5.74) is 0.973. The fraction of sp³-hybridized carbons (Fsp3) is 0.231. The SMILES string of the molecule is CN(Cc1ccco1)c1ccc(CO)cc1[N+](=O)[O-]. The van der Waals surface area contributed by atoms with Crippen LogP contribution in [0.25, 0.3) is 0 Å². The van der Waals surface area contributed by atoms with Gasteiger partial charge in [-0.1, -0.05) is 6.07 Å². The van der Waals surface area contributed by atoms with Gasteiger partial charge in [-0.2, -0.15) is 0 Å². The molecule has 0 aliphatic heterocycles. The van der Waals surface area contributed by atoms with E-state index in [0.717, 1.165) is 5.76 Å². The third kappa shape index (κ3) is 2.92. The van der Waals surface area contributed by atoms with Crippen LogP contribution in [0.4, 0.5) is 11.4 Å². The molecule has 0 spiro atoms. The first-order valence-corrected chi connectivity index (χ1v) is 5.73. The zero-order valence-corrected chi connectivity index (χ0v) is 10.4. The Kier molecular flexibility index (Phi) is 3.82. The summed E-state index contributed by atoms with van der Waals surface area (Å²) in [6.45, 7) is 0.218. The van der Waals surface area contributed by atoms with Crippen molar-refractivity contribution in [2.24, 2.45) is 0 Å². The van der Waals surface area contributed by atoms with E-state index in [9.17, 15) is 10.1 Å². The van der Waals surface area contributed by atoms with Crippen molar-refractivity contribution in [1.82, 2.24) is 0 Å². The molecule has 1 aromatic carbocycles. The third-order valence-electron chi connectivity index (χ3n) is 2.80. The van der Waals surface area contributed by atoms with Crippen LogP contribution < -0.4 is 4.90 Å². The number of aliphatic hydroxyl groups is 1. The molecule has 0 bridgehead atoms. The highest BCUT2D eigenvalue weighted by atomic mass is 16.6. The maximum atomic E-state index is 11.1. The number of anilines is 1. The standard InChI is InChI=1S/C13H14N2O4/c1-14(8-11-3-2-6-19-11)12-5-4-10(9-16)7-13(12)15(17)18/h2-7,16H,8-9H2,1H3. The monoisotopic (exact) mass is 262 g/mol. The molecule has 0 fully saturated rings. The second-order valence-corrected chi connectivity index (χ2v) is 4.17. The molecular weight excluding hydrogens is 248 g/mol. The molecule has 0 atom stereocenters. The number of hydrogen-bond acceptors (Lipinski definition) is 5. The lowest BCUT2D eigenvalue weighted by molar-refractivity contribution is -0.384. The van der Waals surface area contributed by atoms with Gasteiger partial charge >= 0.3 is 0 Å². The molecule has 0 aliphatic rings. The molecule has 1 N–H and O–H groups in total. The van der Waals surface area contributed by atoms with E-state index in [1.807, 2.05) is 6.07 Å². The van der Waals surface area contributed by atoms with Gasteiger partial charge in [-0.25, -0.2) is 0 Å². The first-order chi connectivity index (χ1) is 9.11. The average Bonchev–Trinajstić information content (AvgIpc) is 2.90. The van der Waals surface area contributed by atoms with Crippen LogP contribution in [-0.4, -0.2) is 17.1 Å². The minimum Gasteiger partial charge on any atom is -0.467 e. The molecule has 1 aromatic heterocycles. The van der Waals surface area contributed by atoms with E-state index in [2.05, 4.69) is 0 Å². The van der Waals surface area contributed by atoms with Gasteiger partial charge in [0.2, 0.25) is 0 Å². The minimum absolute atomic E-state index is 0.0272. The molecule has 0 saturated heterocycles. The number of nitro benzene ring substituents is 1. The van der Waals surface area contributed by atoms with E-state index >= 15 is 0 Å². The number of nitrogens with zero attached hydrogens (tertiary/aromatic N) is 2. The molecule has 0 aliphatic carbocycles. The van der Waals surface area contributed by atoms with Gasteiger partial charge in [0.25, 0.3) is 5.69 Å². The van der Waals surface area contributed by atoms with E-state index in [4.69, 9.17) is 9.52 Å². The van der Waals surface area contributed by atoms with Crippen LogP contribution in [0, 0.1) is 10.1 Å². The Bertz CT molecular complexity index is 566. The maximum Gasteiger partial charge on any atom is 0.292 e. The highest BCUT2D eigenvalue weighted by Gasteiger charge is 2.18. The van der Waals surface area contributed by atoms with Crippen molar-refractivity contribution in [3.8, 4) is 0 Å². The Morgan fingerprint density at radius 2 is 2.21 bits per heavy atom. The molecule has 100 valence electrons. The molecule has 6 heteroatoms. The lowest BCUT2D eigenvalue weighted by Gasteiger charge is -2.18. The smallest absolute Gasteiger partial charge is 0.292 e. The molecule has 2 rings (SSSR count). The quantitative estimate of drug-likeness (QED) is 0.660. The van der Waals surface area contributed by atoms with Crippen molar-refractivity contribution in [2.75, 3.05) is 11.9 Å². The summed E-state index contributed by atoms with van der Waals surface area (Å²) in [5.74, 6) is 0.725. The molecule has 0 amide bonds. The molecule has 0 radical (unpaired) electrons. The van der Waals surface area contributed by atoms with E-state index < -0.39 is 4.92 Å². The van der Waals surface area contributed by atoms with Crippen LogP contribution in [0.5, 0.6) is 0 Å². The summed E-state index contributed by atoms with van der Waals surface area (Å²) in [4.78, 5) is 12.4. The fourth-order valence-corrected chi connectivity index (χ4v) is 1.86. The van der Waals surface area contributed by atoms with Crippen LogP contribution in [0.15, 0.2) is 41.0 Å². The zero-order valence-electron chi connectivity index (χ0n) is 10.4. The normalized spacial score (nSPS) is 10.4. The van der Waals surface area contributed by atoms with Crippen LogP contribution in [-0.2, 0) is 13.2 Å². The lowest BCUT2D eigenvalue weighted by atomic mass is 10.1. The van der Waals surface area contributed by atoms with Gasteiger partial charge in [-0.3, -0.25) is 10.1 Å². The number of nitro groups is 1. The fourth-order valence-electron chi connectivity index (χ4n) is 1.86. The number of furan rings is 1. The number of hydrogen-bond donors (Lipinski definition) is 1. The first kappa shape index (κ1) is 13.1. The summed E-state index contributed by atoms with van der Waals surface area (Å²) in [7, 11) is 1.75.